The first-order chi connectivity index (χ1) is 11.2. The van der Waals surface area contributed by atoms with E-state index in [0.717, 1.165) is 6.42 Å². The summed E-state index contributed by atoms with van der Waals surface area (Å²) in [6, 6.07) is 1.17. The van der Waals surface area contributed by atoms with Gasteiger partial charge >= 0.3 is 21.1 Å². The minimum atomic E-state index is -1.17. The molecule has 0 spiro atoms. The van der Waals surface area contributed by atoms with E-state index in [0.29, 0.717) is 0 Å². The van der Waals surface area contributed by atoms with E-state index in [4.69, 9.17) is 0 Å². The van der Waals surface area contributed by atoms with Gasteiger partial charge in [-0.1, -0.05) is 78.1 Å². The molecule has 0 aliphatic heterocycles. The second kappa shape index (κ2) is 15.6. The van der Waals surface area contributed by atoms with E-state index >= 15 is 0 Å². The quantitative estimate of drug-likeness (QED) is 0.170. The van der Waals surface area contributed by atoms with Crippen LogP contribution in [0.25, 0.3) is 0 Å². The van der Waals surface area contributed by atoms with Crippen molar-refractivity contribution < 1.29 is 21.1 Å². The van der Waals surface area contributed by atoms with E-state index < -0.39 is 32.3 Å². The number of hydrogen-bond donors (Lipinski definition) is 0. The summed E-state index contributed by atoms with van der Waals surface area (Å²) in [4.78, 5) is 0. The Balaban J connectivity index is -0.000000142. The number of rotatable bonds is 3. The molecule has 5 heteroatoms. The molecule has 1 aliphatic carbocycles. The molecule has 162 valence electrons. The van der Waals surface area contributed by atoms with Crippen LogP contribution in [0.5, 0.6) is 0 Å². The predicted octanol–water partition coefficient (Wildman–Crippen LogP) is 8.20. The molecule has 0 unspecified atom stereocenters. The second-order valence-corrected chi connectivity index (χ2v) is 31.3. The zero-order chi connectivity index (χ0) is 21.8. The van der Waals surface area contributed by atoms with Crippen LogP contribution in [0.3, 0.4) is 0 Å². The van der Waals surface area contributed by atoms with Crippen LogP contribution in [0.15, 0.2) is 30.0 Å². The standard InChI is InChI=1S/C10H15Si.3C4H11Si.Pt/c1-4-9-11(2,3)10-7-5-6-8-10;3*1-5(2,3)4;/h4-5,7H,1,6,9H2,2-3H3;3*1H2,2-4H3;/q4*-1;+4. The first-order valence-electron chi connectivity index (χ1n) is 9.61. The van der Waals surface area contributed by atoms with Crippen molar-refractivity contribution in [2.45, 2.75) is 84.5 Å². The molecule has 0 radical (unpaired) electrons. The van der Waals surface area contributed by atoms with Crippen molar-refractivity contribution in [2.24, 2.45) is 0 Å². The SMILES string of the molecule is C=CC[Si](C)(C)C1=[C-]CC=C1.[CH2-][Si](C)(C)C.[CH2-][Si](C)(C)C.[CH2-][Si](C)(C)C.[Pt+4]. The topological polar surface area (TPSA) is 0 Å². The molecule has 0 nitrogen and oxygen atoms in total. The van der Waals surface area contributed by atoms with Crippen molar-refractivity contribution in [1.82, 2.24) is 0 Å². The molecule has 0 amide bonds. The molecular formula is C22H48PtSi4. The Morgan fingerprint density at radius 1 is 0.852 bits per heavy atom. The third-order valence-electron chi connectivity index (χ3n) is 2.08. The van der Waals surface area contributed by atoms with Crippen molar-refractivity contribution in [3.63, 3.8) is 0 Å². The molecule has 1 rings (SSSR count). The Kier molecular flexibility index (Phi) is 20.3. The normalized spacial score (nSPS) is 13.5. The molecule has 27 heavy (non-hydrogen) atoms. The van der Waals surface area contributed by atoms with Gasteiger partial charge in [0.05, 0.1) is 0 Å². The van der Waals surface area contributed by atoms with E-state index in [9.17, 15) is 0 Å². The average molecular weight is 620 g/mol. The number of hydrogen-bond acceptors (Lipinski definition) is 0. The molecule has 0 saturated carbocycles. The Bertz CT molecular complexity index is 384. The zero-order valence-corrected chi connectivity index (χ0v) is 26.6. The average Bonchev–Trinajstić information content (AvgIpc) is 2.74. The van der Waals surface area contributed by atoms with Crippen molar-refractivity contribution >= 4 is 32.3 Å². The molecule has 0 fully saturated rings. The fourth-order valence-electron chi connectivity index (χ4n) is 1.34. The van der Waals surface area contributed by atoms with Crippen LogP contribution in [-0.4, -0.2) is 32.3 Å². The molecule has 0 bridgehead atoms. The molecular weight excluding hydrogens is 572 g/mol. The summed E-state index contributed by atoms with van der Waals surface area (Å²) in [7, 11) is -3.75. The maximum absolute atomic E-state index is 3.91. The van der Waals surface area contributed by atoms with Gasteiger partial charge in [0.1, 0.15) is 0 Å². The van der Waals surface area contributed by atoms with Crippen LogP contribution in [0.2, 0.25) is 78.1 Å². The summed E-state index contributed by atoms with van der Waals surface area (Å²) in [5.74, 6) is 0. The first kappa shape index (κ1) is 35.2. The largest absolute Gasteiger partial charge is 4.00 e. The third kappa shape index (κ3) is 52.0. The summed E-state index contributed by atoms with van der Waals surface area (Å²) >= 11 is 0. The van der Waals surface area contributed by atoms with E-state index in [-0.39, 0.29) is 21.1 Å². The van der Waals surface area contributed by atoms with Gasteiger partial charge in [-0.15, -0.1) is 37.2 Å². The van der Waals surface area contributed by atoms with Gasteiger partial charge in [0, 0.05) is 8.07 Å². The first-order valence-corrected chi connectivity index (χ1v) is 23.9. The van der Waals surface area contributed by atoms with Crippen LogP contribution in [0.1, 0.15) is 6.42 Å². The van der Waals surface area contributed by atoms with E-state index in [1.807, 2.05) is 6.08 Å². The molecule has 1 aliphatic rings. The molecule has 0 N–H and O–H groups in total. The van der Waals surface area contributed by atoms with Crippen LogP contribution in [-0.2, 0) is 21.1 Å². The van der Waals surface area contributed by atoms with Crippen molar-refractivity contribution in [3.05, 3.63) is 55.7 Å². The summed E-state index contributed by atoms with van der Waals surface area (Å²) in [5, 5.41) is 1.47. The van der Waals surface area contributed by atoms with Crippen LogP contribution < -0.4 is 0 Å². The fraction of sp³-hybridized carbons (Fsp3) is 0.591. The van der Waals surface area contributed by atoms with Gasteiger partial charge in [0.2, 0.25) is 0 Å². The van der Waals surface area contributed by atoms with Crippen LogP contribution >= 0.6 is 0 Å². The van der Waals surface area contributed by atoms with Gasteiger partial charge in [-0.05, 0) is 6.04 Å². The van der Waals surface area contributed by atoms with Gasteiger partial charge in [-0.3, -0.25) is 6.08 Å². The van der Waals surface area contributed by atoms with E-state index in [2.05, 4.69) is 116 Å². The molecule has 0 atom stereocenters. The minimum Gasteiger partial charge on any atom is -0.342 e. The smallest absolute Gasteiger partial charge is 0.342 e. The zero-order valence-electron chi connectivity index (χ0n) is 20.3. The molecule has 0 aromatic heterocycles. The number of allylic oxidation sites excluding steroid dienone is 5. The summed E-state index contributed by atoms with van der Waals surface area (Å²) in [6.07, 6.45) is 10.9. The molecule has 0 aromatic rings. The minimum absolute atomic E-state index is 0. The van der Waals surface area contributed by atoms with Crippen molar-refractivity contribution in [2.75, 3.05) is 0 Å². The predicted molar refractivity (Wildman–Crippen MR) is 139 cm³/mol. The third-order valence-corrected chi connectivity index (χ3v) is 5.19. The molecule has 0 heterocycles. The summed E-state index contributed by atoms with van der Waals surface area (Å²) < 4.78 is 0. The van der Waals surface area contributed by atoms with Crippen LogP contribution in [0, 0.1) is 25.7 Å². The Morgan fingerprint density at radius 2 is 1.15 bits per heavy atom. The van der Waals surface area contributed by atoms with Crippen LogP contribution in [0.4, 0.5) is 0 Å². The van der Waals surface area contributed by atoms with Gasteiger partial charge in [-0.25, -0.2) is 11.3 Å². The van der Waals surface area contributed by atoms with Gasteiger partial charge in [0.25, 0.3) is 0 Å². The van der Waals surface area contributed by atoms with E-state index in [1.165, 1.54) is 11.2 Å². The summed E-state index contributed by atoms with van der Waals surface area (Å²) in [6.45, 7) is 40.2. The monoisotopic (exact) mass is 619 g/mol. The Labute approximate surface area is 192 Å². The van der Waals surface area contributed by atoms with Gasteiger partial charge in [-0.2, -0.15) is 6.08 Å². The summed E-state index contributed by atoms with van der Waals surface area (Å²) in [5.41, 5.74) is 0. The van der Waals surface area contributed by atoms with E-state index in [1.54, 1.807) is 0 Å². The van der Waals surface area contributed by atoms with Gasteiger partial charge in [0.15, 0.2) is 0 Å². The fourth-order valence-corrected chi connectivity index (χ4v) is 3.43. The Hall–Kier alpha value is 0.776. The van der Waals surface area contributed by atoms with Crippen molar-refractivity contribution in [1.29, 1.82) is 0 Å². The van der Waals surface area contributed by atoms with Gasteiger partial charge < -0.3 is 19.6 Å². The maximum Gasteiger partial charge on any atom is 4.00 e. The second-order valence-electron chi connectivity index (χ2n) is 11.3. The maximum atomic E-state index is 3.91. The molecule has 0 aromatic carbocycles. The molecule has 0 saturated heterocycles. The van der Waals surface area contributed by atoms with Crippen molar-refractivity contribution in [3.8, 4) is 0 Å². The Morgan fingerprint density at radius 3 is 1.33 bits per heavy atom.